The zero-order valence-corrected chi connectivity index (χ0v) is 15.9. The SMILES string of the molecule is COc1cc(/C=C(/C#N)c2ccc(C)cc2)cc(I)c1OCC(=O)O. The van der Waals surface area contributed by atoms with Crippen LogP contribution < -0.4 is 9.47 Å². The topological polar surface area (TPSA) is 79.5 Å². The number of methoxy groups -OCH3 is 1. The number of benzene rings is 2. The zero-order valence-electron chi connectivity index (χ0n) is 13.7. The van der Waals surface area contributed by atoms with Gasteiger partial charge in [-0.1, -0.05) is 29.8 Å². The minimum atomic E-state index is -1.06. The summed E-state index contributed by atoms with van der Waals surface area (Å²) in [6, 6.07) is 13.4. The first-order valence-corrected chi connectivity index (χ1v) is 8.43. The van der Waals surface area contributed by atoms with Crippen LogP contribution in [-0.4, -0.2) is 24.8 Å². The van der Waals surface area contributed by atoms with E-state index >= 15 is 0 Å². The lowest BCUT2D eigenvalue weighted by molar-refractivity contribution is -0.139. The Morgan fingerprint density at radius 2 is 2.00 bits per heavy atom. The molecule has 0 unspecified atom stereocenters. The molecule has 2 rings (SSSR count). The number of hydrogen-bond donors (Lipinski definition) is 1. The minimum Gasteiger partial charge on any atom is -0.493 e. The Labute approximate surface area is 159 Å². The highest BCUT2D eigenvalue weighted by atomic mass is 127. The number of aryl methyl sites for hydroxylation is 1. The van der Waals surface area contributed by atoms with E-state index in [0.717, 1.165) is 16.7 Å². The summed E-state index contributed by atoms with van der Waals surface area (Å²) >= 11 is 2.05. The first kappa shape index (κ1) is 18.8. The maximum atomic E-state index is 10.7. The summed E-state index contributed by atoms with van der Waals surface area (Å²) in [6.45, 7) is 1.54. The number of ether oxygens (including phenoxy) is 2. The third-order valence-corrected chi connectivity index (χ3v) is 4.19. The molecule has 0 bridgehead atoms. The largest absolute Gasteiger partial charge is 0.493 e. The number of carbonyl (C=O) groups is 1. The van der Waals surface area contributed by atoms with Gasteiger partial charge in [-0.25, -0.2) is 4.79 Å². The summed E-state index contributed by atoms with van der Waals surface area (Å²) in [7, 11) is 1.48. The summed E-state index contributed by atoms with van der Waals surface area (Å²) in [6.07, 6.45) is 1.76. The van der Waals surface area contributed by atoms with Crippen molar-refractivity contribution in [1.29, 1.82) is 5.26 Å². The monoisotopic (exact) mass is 449 g/mol. The molecule has 0 aliphatic rings. The fourth-order valence-electron chi connectivity index (χ4n) is 2.18. The molecule has 0 fully saturated rings. The lowest BCUT2D eigenvalue weighted by Crippen LogP contribution is -2.11. The summed E-state index contributed by atoms with van der Waals surface area (Å²) in [5.41, 5.74) is 3.24. The molecule has 2 aromatic carbocycles. The molecule has 0 saturated heterocycles. The van der Waals surface area contributed by atoms with Crippen molar-refractivity contribution >= 4 is 40.2 Å². The van der Waals surface area contributed by atoms with Gasteiger partial charge in [-0.15, -0.1) is 0 Å². The second-order valence-electron chi connectivity index (χ2n) is 5.25. The van der Waals surface area contributed by atoms with Crippen LogP contribution in [0.1, 0.15) is 16.7 Å². The van der Waals surface area contributed by atoms with Crippen LogP contribution in [0.3, 0.4) is 0 Å². The molecule has 6 heteroatoms. The molecule has 0 atom stereocenters. The third-order valence-electron chi connectivity index (χ3n) is 3.39. The molecule has 0 radical (unpaired) electrons. The molecule has 0 aliphatic heterocycles. The molecule has 25 heavy (non-hydrogen) atoms. The van der Waals surface area contributed by atoms with Gasteiger partial charge >= 0.3 is 5.97 Å². The van der Waals surface area contributed by atoms with Gasteiger partial charge in [0.25, 0.3) is 0 Å². The highest BCUT2D eigenvalue weighted by Gasteiger charge is 2.13. The first-order valence-electron chi connectivity index (χ1n) is 7.35. The van der Waals surface area contributed by atoms with Gasteiger partial charge in [0.1, 0.15) is 0 Å². The second kappa shape index (κ2) is 8.53. The first-order chi connectivity index (χ1) is 11.9. The molecule has 0 aliphatic carbocycles. The molecule has 0 spiro atoms. The Kier molecular flexibility index (Phi) is 6.42. The van der Waals surface area contributed by atoms with E-state index in [9.17, 15) is 10.1 Å². The van der Waals surface area contributed by atoms with Crippen molar-refractivity contribution in [2.45, 2.75) is 6.92 Å². The molecule has 0 aromatic heterocycles. The van der Waals surface area contributed by atoms with Gasteiger partial charge in [0.05, 0.1) is 22.3 Å². The van der Waals surface area contributed by atoms with E-state index in [1.807, 2.05) is 59.8 Å². The van der Waals surface area contributed by atoms with Crippen molar-refractivity contribution in [3.05, 3.63) is 56.7 Å². The van der Waals surface area contributed by atoms with Gasteiger partial charge in [0.15, 0.2) is 18.1 Å². The van der Waals surface area contributed by atoms with E-state index in [1.54, 1.807) is 12.1 Å². The van der Waals surface area contributed by atoms with Crippen LogP contribution in [0.5, 0.6) is 11.5 Å². The molecular formula is C19H16INO4. The van der Waals surface area contributed by atoms with Crippen molar-refractivity contribution in [1.82, 2.24) is 0 Å². The van der Waals surface area contributed by atoms with Crippen molar-refractivity contribution in [3.8, 4) is 17.6 Å². The average molecular weight is 449 g/mol. The van der Waals surface area contributed by atoms with Crippen molar-refractivity contribution in [3.63, 3.8) is 0 Å². The van der Waals surface area contributed by atoms with E-state index < -0.39 is 12.6 Å². The lowest BCUT2D eigenvalue weighted by Gasteiger charge is -2.12. The smallest absolute Gasteiger partial charge is 0.341 e. The highest BCUT2D eigenvalue weighted by Crippen LogP contribution is 2.35. The van der Waals surface area contributed by atoms with Crippen LogP contribution in [0.15, 0.2) is 36.4 Å². The number of nitriles is 1. The van der Waals surface area contributed by atoms with E-state index in [0.29, 0.717) is 20.6 Å². The van der Waals surface area contributed by atoms with Gasteiger partial charge in [0, 0.05) is 0 Å². The highest BCUT2D eigenvalue weighted by molar-refractivity contribution is 14.1. The second-order valence-corrected chi connectivity index (χ2v) is 6.41. The number of carboxylic acids is 1. The predicted octanol–water partition coefficient (Wildman–Crippen LogP) is 4.14. The van der Waals surface area contributed by atoms with E-state index in [4.69, 9.17) is 14.6 Å². The molecule has 2 aromatic rings. The van der Waals surface area contributed by atoms with Crippen LogP contribution in [0.2, 0.25) is 0 Å². The molecular weight excluding hydrogens is 433 g/mol. The molecule has 5 nitrogen and oxygen atoms in total. The van der Waals surface area contributed by atoms with Gasteiger partial charge in [-0.05, 0) is 58.9 Å². The quantitative estimate of drug-likeness (QED) is 0.408. The van der Waals surface area contributed by atoms with Gasteiger partial charge in [-0.3, -0.25) is 0 Å². The summed E-state index contributed by atoms with van der Waals surface area (Å²) < 4.78 is 11.3. The number of nitrogens with zero attached hydrogens (tertiary/aromatic N) is 1. The fraction of sp³-hybridized carbons (Fsp3) is 0.158. The molecule has 0 saturated carbocycles. The maximum absolute atomic E-state index is 10.7. The van der Waals surface area contributed by atoms with Crippen LogP contribution >= 0.6 is 22.6 Å². The van der Waals surface area contributed by atoms with Gasteiger partial charge in [0.2, 0.25) is 0 Å². The number of halogens is 1. The molecule has 0 amide bonds. The summed E-state index contributed by atoms with van der Waals surface area (Å²) in [5.74, 6) is -0.273. The van der Waals surface area contributed by atoms with E-state index in [1.165, 1.54) is 7.11 Å². The number of rotatable bonds is 6. The Balaban J connectivity index is 2.41. The van der Waals surface area contributed by atoms with Crippen LogP contribution in [-0.2, 0) is 4.79 Å². The number of aliphatic carboxylic acids is 1. The molecule has 128 valence electrons. The normalized spacial score (nSPS) is 10.9. The van der Waals surface area contributed by atoms with Crippen molar-refractivity contribution in [2.24, 2.45) is 0 Å². The zero-order chi connectivity index (χ0) is 18.4. The average Bonchev–Trinajstić information content (AvgIpc) is 2.59. The van der Waals surface area contributed by atoms with Crippen LogP contribution in [0, 0.1) is 21.8 Å². The lowest BCUT2D eigenvalue weighted by atomic mass is 10.0. The summed E-state index contributed by atoms with van der Waals surface area (Å²) in [4.78, 5) is 10.7. The van der Waals surface area contributed by atoms with Crippen LogP contribution in [0.4, 0.5) is 0 Å². The summed E-state index contributed by atoms with van der Waals surface area (Å²) in [5, 5.41) is 18.2. The molecule has 1 N–H and O–H groups in total. The van der Waals surface area contributed by atoms with E-state index in [2.05, 4.69) is 6.07 Å². The number of carboxylic acid groups (broad SMARTS) is 1. The van der Waals surface area contributed by atoms with Gasteiger partial charge in [-0.2, -0.15) is 5.26 Å². The number of allylic oxidation sites excluding steroid dienone is 1. The van der Waals surface area contributed by atoms with E-state index in [-0.39, 0.29) is 0 Å². The van der Waals surface area contributed by atoms with Crippen molar-refractivity contribution in [2.75, 3.05) is 13.7 Å². The third kappa shape index (κ3) is 4.97. The van der Waals surface area contributed by atoms with Gasteiger partial charge < -0.3 is 14.6 Å². The standard InChI is InChI=1S/C19H16INO4/c1-12-3-5-14(6-4-12)15(10-21)7-13-8-16(20)19(17(9-13)24-2)25-11-18(22)23/h3-9H,11H2,1-2H3,(H,22,23)/b15-7-. The minimum absolute atomic E-state index is 0.372. The van der Waals surface area contributed by atoms with Crippen LogP contribution in [0.25, 0.3) is 11.6 Å². The Bertz CT molecular complexity index is 851. The maximum Gasteiger partial charge on any atom is 0.341 e. The number of hydrogen-bond acceptors (Lipinski definition) is 4. The Morgan fingerprint density at radius 3 is 2.56 bits per heavy atom. The molecule has 0 heterocycles. The fourth-order valence-corrected chi connectivity index (χ4v) is 2.96. The Morgan fingerprint density at radius 1 is 1.32 bits per heavy atom. The Hall–Kier alpha value is -2.53. The van der Waals surface area contributed by atoms with Crippen molar-refractivity contribution < 1.29 is 19.4 Å². The predicted molar refractivity (Wildman–Crippen MR) is 104 cm³/mol.